The van der Waals surface area contributed by atoms with E-state index in [0.717, 1.165) is 48.7 Å². The standard InChI is InChI=1S/C24H23ClFN3O/c25-16-1-4-18(5-2-16)28-23(30)29-22-14-24(22)10-7-15(8-11-24)19-9-12-27-21-6-3-17(26)13-20(19)21/h1-6,9,12-13,15,22H,7-8,10-11,14H2,(H2,28,29,30). The summed E-state index contributed by atoms with van der Waals surface area (Å²) in [6.07, 6.45) is 7.09. The van der Waals surface area contributed by atoms with Gasteiger partial charge in [0, 0.05) is 28.3 Å². The first kappa shape index (κ1) is 19.3. The number of halogens is 2. The molecular formula is C24H23ClFN3O. The van der Waals surface area contributed by atoms with Crippen LogP contribution in [0.1, 0.15) is 43.6 Å². The molecule has 2 aliphatic carbocycles. The molecule has 2 amide bonds. The van der Waals surface area contributed by atoms with E-state index < -0.39 is 0 Å². The van der Waals surface area contributed by atoms with Gasteiger partial charge in [0.15, 0.2) is 0 Å². The lowest BCUT2D eigenvalue weighted by molar-refractivity contribution is 0.245. The number of pyridine rings is 1. The molecule has 154 valence electrons. The summed E-state index contributed by atoms with van der Waals surface area (Å²) in [6.45, 7) is 0. The van der Waals surface area contributed by atoms with Crippen LogP contribution in [0.25, 0.3) is 10.9 Å². The van der Waals surface area contributed by atoms with Gasteiger partial charge in [0.25, 0.3) is 0 Å². The molecule has 0 radical (unpaired) electrons. The van der Waals surface area contributed by atoms with Crippen LogP contribution in [0.5, 0.6) is 0 Å². The van der Waals surface area contributed by atoms with Crippen molar-refractivity contribution in [2.24, 2.45) is 5.41 Å². The minimum atomic E-state index is -0.220. The molecule has 0 bridgehead atoms. The molecular weight excluding hydrogens is 401 g/mol. The molecule has 3 aromatic rings. The first-order valence-electron chi connectivity index (χ1n) is 10.4. The number of aromatic nitrogens is 1. The van der Waals surface area contributed by atoms with Gasteiger partial charge in [-0.2, -0.15) is 0 Å². The summed E-state index contributed by atoms with van der Waals surface area (Å²) in [7, 11) is 0. The maximum Gasteiger partial charge on any atom is 0.319 e. The number of rotatable bonds is 3. The highest BCUT2D eigenvalue weighted by Gasteiger charge is 2.55. The van der Waals surface area contributed by atoms with Crippen molar-refractivity contribution in [1.82, 2.24) is 10.3 Å². The number of anilines is 1. The minimum absolute atomic E-state index is 0.170. The Balaban J connectivity index is 1.20. The number of nitrogens with zero attached hydrogens (tertiary/aromatic N) is 1. The van der Waals surface area contributed by atoms with Crippen LogP contribution in [0.2, 0.25) is 5.02 Å². The van der Waals surface area contributed by atoms with Crippen LogP contribution >= 0.6 is 11.6 Å². The molecule has 2 N–H and O–H groups in total. The minimum Gasteiger partial charge on any atom is -0.335 e. The fourth-order valence-corrected chi connectivity index (χ4v) is 5.09. The maximum absolute atomic E-state index is 13.8. The number of amides is 2. The molecule has 6 heteroatoms. The predicted octanol–water partition coefficient (Wildman–Crippen LogP) is 6.27. The summed E-state index contributed by atoms with van der Waals surface area (Å²) in [5, 5.41) is 7.56. The summed E-state index contributed by atoms with van der Waals surface area (Å²) >= 11 is 5.89. The molecule has 30 heavy (non-hydrogen) atoms. The van der Waals surface area contributed by atoms with E-state index in [1.54, 1.807) is 36.4 Å². The van der Waals surface area contributed by atoms with E-state index in [9.17, 15) is 9.18 Å². The Bertz CT molecular complexity index is 1090. The molecule has 0 aliphatic heterocycles. The van der Waals surface area contributed by atoms with Crippen molar-refractivity contribution >= 4 is 34.2 Å². The highest BCUT2D eigenvalue weighted by molar-refractivity contribution is 6.30. The van der Waals surface area contributed by atoms with Crippen molar-refractivity contribution in [3.8, 4) is 0 Å². The molecule has 1 heterocycles. The molecule has 4 nitrogen and oxygen atoms in total. The number of hydrogen-bond donors (Lipinski definition) is 2. The normalized spacial score (nSPS) is 25.3. The zero-order valence-electron chi connectivity index (χ0n) is 16.5. The van der Waals surface area contributed by atoms with Gasteiger partial charge in [0.05, 0.1) is 5.52 Å². The average molecular weight is 424 g/mol. The molecule has 1 aromatic heterocycles. The lowest BCUT2D eigenvalue weighted by Crippen LogP contribution is -2.34. The summed E-state index contributed by atoms with van der Waals surface area (Å²) in [6, 6.07) is 14.0. The summed E-state index contributed by atoms with van der Waals surface area (Å²) in [5.74, 6) is 0.189. The topological polar surface area (TPSA) is 54.0 Å². The Morgan fingerprint density at radius 1 is 1.10 bits per heavy atom. The molecule has 0 saturated heterocycles. The number of hydrogen-bond acceptors (Lipinski definition) is 2. The second-order valence-corrected chi connectivity index (χ2v) is 9.00. The van der Waals surface area contributed by atoms with Gasteiger partial charge in [-0.1, -0.05) is 11.6 Å². The predicted molar refractivity (Wildman–Crippen MR) is 117 cm³/mol. The molecule has 2 saturated carbocycles. The first-order valence-corrected chi connectivity index (χ1v) is 10.8. The molecule has 2 aromatic carbocycles. The number of carbonyl (C=O) groups is 1. The smallest absolute Gasteiger partial charge is 0.319 e. The second kappa shape index (κ2) is 7.55. The van der Waals surface area contributed by atoms with Crippen molar-refractivity contribution in [1.29, 1.82) is 0 Å². The Labute approximate surface area is 179 Å². The van der Waals surface area contributed by atoms with Gasteiger partial charge in [-0.15, -0.1) is 0 Å². The Hall–Kier alpha value is -2.66. The number of fused-ring (bicyclic) bond motifs is 1. The highest BCUT2D eigenvalue weighted by Crippen LogP contribution is 2.59. The van der Waals surface area contributed by atoms with Crippen LogP contribution in [-0.2, 0) is 0 Å². The van der Waals surface area contributed by atoms with Gasteiger partial charge in [-0.05, 0) is 97.5 Å². The van der Waals surface area contributed by atoms with E-state index >= 15 is 0 Å². The second-order valence-electron chi connectivity index (χ2n) is 8.56. The molecule has 1 atom stereocenters. The fourth-order valence-electron chi connectivity index (χ4n) is 4.96. The summed E-state index contributed by atoms with van der Waals surface area (Å²) < 4.78 is 13.8. The fraction of sp³-hybridized carbons (Fsp3) is 0.333. The third kappa shape index (κ3) is 3.74. The summed E-state index contributed by atoms with van der Waals surface area (Å²) in [5.41, 5.74) is 2.98. The largest absolute Gasteiger partial charge is 0.335 e. The first-order chi connectivity index (χ1) is 14.5. The number of nitrogens with one attached hydrogen (secondary N) is 2. The van der Waals surface area contributed by atoms with Crippen molar-refractivity contribution in [3.63, 3.8) is 0 Å². The van der Waals surface area contributed by atoms with E-state index in [-0.39, 0.29) is 23.3 Å². The third-order valence-corrected chi connectivity index (χ3v) is 7.01. The van der Waals surface area contributed by atoms with Crippen LogP contribution in [-0.4, -0.2) is 17.1 Å². The average Bonchev–Trinajstić information content (AvgIpc) is 3.40. The van der Waals surface area contributed by atoms with E-state index in [4.69, 9.17) is 11.6 Å². The number of carbonyl (C=O) groups excluding carboxylic acids is 1. The lowest BCUT2D eigenvalue weighted by Gasteiger charge is -2.30. The van der Waals surface area contributed by atoms with Gasteiger partial charge < -0.3 is 10.6 Å². The van der Waals surface area contributed by atoms with Crippen LogP contribution in [0.4, 0.5) is 14.9 Å². The van der Waals surface area contributed by atoms with Crippen LogP contribution in [0, 0.1) is 11.2 Å². The van der Waals surface area contributed by atoms with Gasteiger partial charge in [0.2, 0.25) is 0 Å². The van der Waals surface area contributed by atoms with Crippen LogP contribution in [0.15, 0.2) is 54.7 Å². The Morgan fingerprint density at radius 3 is 2.63 bits per heavy atom. The molecule has 2 fully saturated rings. The summed E-state index contributed by atoms with van der Waals surface area (Å²) in [4.78, 5) is 16.7. The van der Waals surface area contributed by atoms with Crippen molar-refractivity contribution in [2.45, 2.75) is 44.1 Å². The monoisotopic (exact) mass is 423 g/mol. The highest BCUT2D eigenvalue weighted by atomic mass is 35.5. The van der Waals surface area contributed by atoms with Gasteiger partial charge in [-0.3, -0.25) is 4.98 Å². The van der Waals surface area contributed by atoms with E-state index in [1.165, 1.54) is 11.6 Å². The molecule has 1 unspecified atom stereocenters. The van der Waals surface area contributed by atoms with Gasteiger partial charge >= 0.3 is 6.03 Å². The van der Waals surface area contributed by atoms with Crippen LogP contribution in [0.3, 0.4) is 0 Å². The zero-order chi connectivity index (χ0) is 20.7. The lowest BCUT2D eigenvalue weighted by atomic mass is 9.76. The molecule has 1 spiro atoms. The Morgan fingerprint density at radius 2 is 1.87 bits per heavy atom. The third-order valence-electron chi connectivity index (χ3n) is 6.76. The maximum atomic E-state index is 13.8. The van der Waals surface area contributed by atoms with Crippen molar-refractivity contribution < 1.29 is 9.18 Å². The number of benzene rings is 2. The van der Waals surface area contributed by atoms with E-state index in [0.29, 0.717) is 10.9 Å². The van der Waals surface area contributed by atoms with Crippen molar-refractivity contribution in [3.05, 3.63) is 71.1 Å². The molecule has 2 aliphatic rings. The van der Waals surface area contributed by atoms with Gasteiger partial charge in [0.1, 0.15) is 5.82 Å². The van der Waals surface area contributed by atoms with Gasteiger partial charge in [-0.25, -0.2) is 9.18 Å². The number of urea groups is 1. The van der Waals surface area contributed by atoms with E-state index in [2.05, 4.69) is 15.6 Å². The zero-order valence-corrected chi connectivity index (χ0v) is 17.3. The quantitative estimate of drug-likeness (QED) is 0.522. The van der Waals surface area contributed by atoms with Crippen LogP contribution < -0.4 is 10.6 Å². The Kier molecular flexibility index (Phi) is 4.86. The molecule has 5 rings (SSSR count). The van der Waals surface area contributed by atoms with Crippen molar-refractivity contribution in [2.75, 3.05) is 5.32 Å². The SMILES string of the molecule is O=C(Nc1ccc(Cl)cc1)NC1CC12CCC(c1ccnc3ccc(F)cc13)CC2. The van der Waals surface area contributed by atoms with E-state index in [1.807, 2.05) is 12.3 Å².